The smallest absolute Gasteiger partial charge is 0.107 e. The molecular weight excluding hydrogens is 251 g/mol. The molecule has 0 spiro atoms. The summed E-state index contributed by atoms with van der Waals surface area (Å²) in [5.41, 5.74) is 7.06. The number of nitrogens with two attached hydrogens (primary N) is 1. The molecule has 78 valence electrons. The maximum atomic E-state index is 6.07. The predicted molar refractivity (Wildman–Crippen MR) is 65.5 cm³/mol. The molecule has 0 saturated heterocycles. The molecule has 0 bridgehead atoms. The summed E-state index contributed by atoms with van der Waals surface area (Å²) < 4.78 is 0. The fraction of sp³-hybridized carbons (Fsp3) is 0.100. The third kappa shape index (κ3) is 2.16. The van der Waals surface area contributed by atoms with Gasteiger partial charge < -0.3 is 5.73 Å². The Morgan fingerprint density at radius 1 is 1.27 bits per heavy atom. The second kappa shape index (κ2) is 4.49. The SMILES string of the molecule is NCc1nc(-c2c(Cl)cccc2Cl)cs1. The summed E-state index contributed by atoms with van der Waals surface area (Å²) >= 11 is 13.6. The average Bonchev–Trinajstić information content (AvgIpc) is 2.66. The number of hydrogen-bond acceptors (Lipinski definition) is 3. The Bertz CT molecular complexity index is 462. The highest BCUT2D eigenvalue weighted by Gasteiger charge is 2.11. The fourth-order valence-corrected chi connectivity index (χ4v) is 2.52. The van der Waals surface area contributed by atoms with Gasteiger partial charge in [-0.15, -0.1) is 11.3 Å². The number of aromatic nitrogens is 1. The van der Waals surface area contributed by atoms with E-state index in [9.17, 15) is 0 Å². The van der Waals surface area contributed by atoms with Crippen LogP contribution in [0.25, 0.3) is 11.3 Å². The van der Waals surface area contributed by atoms with Crippen LogP contribution in [0, 0.1) is 0 Å². The quantitative estimate of drug-likeness (QED) is 0.895. The Morgan fingerprint density at radius 3 is 2.47 bits per heavy atom. The molecule has 0 amide bonds. The van der Waals surface area contributed by atoms with Gasteiger partial charge in [0.05, 0.1) is 15.7 Å². The van der Waals surface area contributed by atoms with Crippen molar-refractivity contribution in [2.75, 3.05) is 0 Å². The zero-order chi connectivity index (χ0) is 10.8. The molecule has 0 atom stereocenters. The van der Waals surface area contributed by atoms with Crippen molar-refractivity contribution < 1.29 is 0 Å². The van der Waals surface area contributed by atoms with Gasteiger partial charge in [0.1, 0.15) is 5.01 Å². The second-order valence-electron chi connectivity index (χ2n) is 2.93. The molecular formula is C10H8Cl2N2S. The maximum absolute atomic E-state index is 6.07. The van der Waals surface area contributed by atoms with Gasteiger partial charge in [-0.2, -0.15) is 0 Å². The molecule has 0 aliphatic heterocycles. The summed E-state index contributed by atoms with van der Waals surface area (Å²) in [6, 6.07) is 5.40. The van der Waals surface area contributed by atoms with E-state index in [1.807, 2.05) is 11.4 Å². The second-order valence-corrected chi connectivity index (χ2v) is 4.68. The lowest BCUT2D eigenvalue weighted by Gasteiger charge is -2.02. The van der Waals surface area contributed by atoms with E-state index in [0.29, 0.717) is 16.6 Å². The van der Waals surface area contributed by atoms with Gasteiger partial charge in [-0.25, -0.2) is 4.98 Å². The topological polar surface area (TPSA) is 38.9 Å². The van der Waals surface area contributed by atoms with E-state index in [1.54, 1.807) is 12.1 Å². The number of rotatable bonds is 2. The Morgan fingerprint density at radius 2 is 1.93 bits per heavy atom. The lowest BCUT2D eigenvalue weighted by molar-refractivity contribution is 1.04. The first kappa shape index (κ1) is 10.9. The van der Waals surface area contributed by atoms with Crippen LogP contribution in [0.4, 0.5) is 0 Å². The molecule has 0 radical (unpaired) electrons. The summed E-state index contributed by atoms with van der Waals surface area (Å²) in [6.45, 7) is 0.437. The molecule has 0 fully saturated rings. The highest BCUT2D eigenvalue weighted by molar-refractivity contribution is 7.09. The lowest BCUT2D eigenvalue weighted by Crippen LogP contribution is -1.94. The van der Waals surface area contributed by atoms with Gasteiger partial charge in [0.15, 0.2) is 0 Å². The molecule has 1 aromatic heterocycles. The minimum atomic E-state index is 0.437. The van der Waals surface area contributed by atoms with Crippen LogP contribution in [-0.2, 0) is 6.54 Å². The molecule has 1 aromatic carbocycles. The Kier molecular flexibility index (Phi) is 3.26. The molecule has 0 aliphatic rings. The Balaban J connectivity index is 2.53. The van der Waals surface area contributed by atoms with Crippen molar-refractivity contribution >= 4 is 34.5 Å². The zero-order valence-corrected chi connectivity index (χ0v) is 10.0. The summed E-state index contributed by atoms with van der Waals surface area (Å²) in [5, 5.41) is 4.00. The standard InChI is InChI=1S/C10H8Cl2N2S/c11-6-2-1-3-7(12)10(6)8-5-15-9(4-13)14-8/h1-3,5H,4,13H2. The molecule has 2 aromatic rings. The normalized spacial score (nSPS) is 10.6. The first-order valence-corrected chi connectivity index (χ1v) is 5.95. The Hall–Kier alpha value is -0.610. The van der Waals surface area contributed by atoms with E-state index in [2.05, 4.69) is 4.98 Å². The van der Waals surface area contributed by atoms with Gasteiger partial charge in [-0.05, 0) is 12.1 Å². The summed E-state index contributed by atoms with van der Waals surface area (Å²) in [4.78, 5) is 4.35. The molecule has 2 nitrogen and oxygen atoms in total. The number of halogens is 2. The van der Waals surface area contributed by atoms with Crippen molar-refractivity contribution in [2.45, 2.75) is 6.54 Å². The van der Waals surface area contributed by atoms with Crippen molar-refractivity contribution in [1.29, 1.82) is 0 Å². The van der Waals surface area contributed by atoms with Crippen LogP contribution >= 0.6 is 34.5 Å². The Labute approximate surface area is 102 Å². The first-order chi connectivity index (χ1) is 7.22. The van der Waals surface area contributed by atoms with Crippen LogP contribution in [-0.4, -0.2) is 4.98 Å². The van der Waals surface area contributed by atoms with E-state index in [-0.39, 0.29) is 0 Å². The molecule has 5 heteroatoms. The van der Waals surface area contributed by atoms with E-state index >= 15 is 0 Å². The van der Waals surface area contributed by atoms with Crippen LogP contribution in [0.2, 0.25) is 10.0 Å². The van der Waals surface area contributed by atoms with Crippen molar-refractivity contribution in [1.82, 2.24) is 4.98 Å². The monoisotopic (exact) mass is 258 g/mol. The van der Waals surface area contributed by atoms with E-state index in [4.69, 9.17) is 28.9 Å². The van der Waals surface area contributed by atoms with Gasteiger partial charge in [-0.3, -0.25) is 0 Å². The van der Waals surface area contributed by atoms with Crippen molar-refractivity contribution in [3.8, 4) is 11.3 Å². The number of hydrogen-bond donors (Lipinski definition) is 1. The molecule has 15 heavy (non-hydrogen) atoms. The maximum Gasteiger partial charge on any atom is 0.107 e. The van der Waals surface area contributed by atoms with Crippen molar-refractivity contribution in [3.63, 3.8) is 0 Å². The molecule has 0 aliphatic carbocycles. The third-order valence-electron chi connectivity index (χ3n) is 1.95. The minimum Gasteiger partial charge on any atom is -0.325 e. The predicted octanol–water partition coefficient (Wildman–Crippen LogP) is 3.58. The van der Waals surface area contributed by atoms with Crippen LogP contribution in [0.15, 0.2) is 23.6 Å². The molecule has 2 rings (SSSR count). The summed E-state index contributed by atoms with van der Waals surface area (Å²) in [7, 11) is 0. The highest BCUT2D eigenvalue weighted by atomic mass is 35.5. The van der Waals surface area contributed by atoms with Crippen LogP contribution < -0.4 is 5.73 Å². The third-order valence-corrected chi connectivity index (χ3v) is 3.45. The van der Waals surface area contributed by atoms with Gasteiger partial charge in [0.2, 0.25) is 0 Å². The van der Waals surface area contributed by atoms with E-state index in [1.165, 1.54) is 11.3 Å². The van der Waals surface area contributed by atoms with Crippen molar-refractivity contribution in [2.24, 2.45) is 5.73 Å². The number of nitrogens with zero attached hydrogens (tertiary/aromatic N) is 1. The van der Waals surface area contributed by atoms with E-state index in [0.717, 1.165) is 16.3 Å². The molecule has 2 N–H and O–H groups in total. The van der Waals surface area contributed by atoms with Crippen molar-refractivity contribution in [3.05, 3.63) is 38.6 Å². The van der Waals surface area contributed by atoms with E-state index < -0.39 is 0 Å². The van der Waals surface area contributed by atoms with Gasteiger partial charge >= 0.3 is 0 Å². The van der Waals surface area contributed by atoms with Gasteiger partial charge in [-0.1, -0.05) is 29.3 Å². The molecule has 0 unspecified atom stereocenters. The first-order valence-electron chi connectivity index (χ1n) is 4.31. The zero-order valence-electron chi connectivity index (χ0n) is 7.71. The lowest BCUT2D eigenvalue weighted by atomic mass is 10.2. The summed E-state index contributed by atoms with van der Waals surface area (Å²) in [6.07, 6.45) is 0. The highest BCUT2D eigenvalue weighted by Crippen LogP contribution is 2.34. The summed E-state index contributed by atoms with van der Waals surface area (Å²) in [5.74, 6) is 0. The van der Waals surface area contributed by atoms with Crippen LogP contribution in [0.3, 0.4) is 0 Å². The average molecular weight is 259 g/mol. The van der Waals surface area contributed by atoms with Crippen LogP contribution in [0.1, 0.15) is 5.01 Å². The van der Waals surface area contributed by atoms with Gasteiger partial charge in [0.25, 0.3) is 0 Å². The fourth-order valence-electron chi connectivity index (χ4n) is 1.26. The van der Waals surface area contributed by atoms with Crippen LogP contribution in [0.5, 0.6) is 0 Å². The number of thiazole rings is 1. The molecule has 1 heterocycles. The largest absolute Gasteiger partial charge is 0.325 e. The number of benzene rings is 1. The molecule has 0 saturated carbocycles. The minimum absolute atomic E-state index is 0.437. The van der Waals surface area contributed by atoms with Gasteiger partial charge in [0, 0.05) is 17.5 Å².